The Bertz CT molecular complexity index is 610. The Morgan fingerprint density at radius 3 is 2.26 bits per heavy atom. The van der Waals surface area contributed by atoms with Gasteiger partial charge in [0.2, 0.25) is 0 Å². The van der Waals surface area contributed by atoms with Crippen molar-refractivity contribution in [1.82, 2.24) is 0 Å². The molecule has 0 spiro atoms. The molecule has 2 rings (SSSR count). The van der Waals surface area contributed by atoms with Crippen molar-refractivity contribution in [2.24, 2.45) is 0 Å². The summed E-state index contributed by atoms with van der Waals surface area (Å²) in [6, 6.07) is 12.3. The molecule has 3 nitrogen and oxygen atoms in total. The van der Waals surface area contributed by atoms with E-state index < -0.39 is 17.2 Å². The minimum absolute atomic E-state index is 0.132. The zero-order valence-electron chi connectivity index (χ0n) is 10.4. The van der Waals surface area contributed by atoms with Crippen LogP contribution in [0.5, 0.6) is 0 Å². The molecule has 0 saturated heterocycles. The first-order chi connectivity index (χ1) is 8.96. The van der Waals surface area contributed by atoms with Gasteiger partial charge in [-0.15, -0.1) is 0 Å². The van der Waals surface area contributed by atoms with Gasteiger partial charge in [-0.3, -0.25) is 4.79 Å². The highest BCUT2D eigenvalue weighted by atomic mass is 19.1. The molecule has 19 heavy (non-hydrogen) atoms. The molecule has 0 radical (unpaired) electrons. The van der Waals surface area contributed by atoms with Crippen molar-refractivity contribution in [3.8, 4) is 0 Å². The summed E-state index contributed by atoms with van der Waals surface area (Å²) in [6.07, 6.45) is 0. The minimum Gasteiger partial charge on any atom is -0.480 e. The summed E-state index contributed by atoms with van der Waals surface area (Å²) in [5.41, 5.74) is 5.30. The van der Waals surface area contributed by atoms with Crippen LogP contribution in [0.2, 0.25) is 0 Å². The van der Waals surface area contributed by atoms with Gasteiger partial charge in [-0.05, 0) is 30.7 Å². The Balaban J connectivity index is 2.65. The Morgan fingerprint density at radius 2 is 1.74 bits per heavy atom. The van der Waals surface area contributed by atoms with E-state index >= 15 is 0 Å². The van der Waals surface area contributed by atoms with Crippen LogP contribution in [0, 0.1) is 5.82 Å². The van der Waals surface area contributed by atoms with Crippen LogP contribution in [0.3, 0.4) is 0 Å². The van der Waals surface area contributed by atoms with Gasteiger partial charge in [-0.2, -0.15) is 0 Å². The third-order valence-electron chi connectivity index (χ3n) is 3.33. The minimum atomic E-state index is -1.45. The van der Waals surface area contributed by atoms with Crippen LogP contribution in [-0.2, 0) is 10.2 Å². The second-order valence-corrected chi connectivity index (χ2v) is 4.53. The monoisotopic (exact) mass is 259 g/mol. The number of halogens is 1. The summed E-state index contributed by atoms with van der Waals surface area (Å²) in [5.74, 6) is -1.65. The van der Waals surface area contributed by atoms with Crippen molar-refractivity contribution in [2.45, 2.75) is 12.3 Å². The maximum atomic E-state index is 13.9. The van der Waals surface area contributed by atoms with Gasteiger partial charge in [0.05, 0.1) is 0 Å². The third-order valence-corrected chi connectivity index (χ3v) is 3.33. The second kappa shape index (κ2) is 4.72. The number of hydrogen-bond donors (Lipinski definition) is 2. The number of carbonyl (C=O) groups is 1. The molecule has 0 aliphatic heterocycles. The number of carboxylic acid groups (broad SMARTS) is 1. The quantitative estimate of drug-likeness (QED) is 0.833. The normalized spacial score (nSPS) is 13.8. The highest BCUT2D eigenvalue weighted by Gasteiger charge is 2.39. The largest absolute Gasteiger partial charge is 0.480 e. The molecule has 0 bridgehead atoms. The number of anilines is 1. The summed E-state index contributed by atoms with van der Waals surface area (Å²) in [6.45, 7) is 1.49. The first-order valence-electron chi connectivity index (χ1n) is 5.80. The number of hydrogen-bond acceptors (Lipinski definition) is 2. The fraction of sp³-hybridized carbons (Fsp3) is 0.133. The first kappa shape index (κ1) is 13.1. The lowest BCUT2D eigenvalue weighted by atomic mass is 9.76. The van der Waals surface area contributed by atoms with Crippen molar-refractivity contribution in [2.75, 3.05) is 5.73 Å². The Hall–Kier alpha value is -2.36. The topological polar surface area (TPSA) is 63.3 Å². The molecule has 0 aliphatic carbocycles. The summed E-state index contributed by atoms with van der Waals surface area (Å²) < 4.78 is 13.9. The molecule has 0 heterocycles. The molecule has 2 aromatic rings. The summed E-state index contributed by atoms with van der Waals surface area (Å²) in [7, 11) is 0. The van der Waals surface area contributed by atoms with Gasteiger partial charge in [0, 0.05) is 11.3 Å². The molecule has 0 aromatic heterocycles. The molecular formula is C15H14FNO2. The molecule has 3 N–H and O–H groups in total. The van der Waals surface area contributed by atoms with Crippen LogP contribution in [-0.4, -0.2) is 11.1 Å². The van der Waals surface area contributed by atoms with Crippen LogP contribution in [0.25, 0.3) is 0 Å². The SMILES string of the molecule is CC(C(=O)O)(c1ccc(N)cc1)c1ccccc1F. The molecule has 0 amide bonds. The third kappa shape index (κ3) is 2.17. The van der Waals surface area contributed by atoms with Gasteiger partial charge in [-0.25, -0.2) is 4.39 Å². The maximum Gasteiger partial charge on any atom is 0.318 e. The molecule has 2 aromatic carbocycles. The fourth-order valence-corrected chi connectivity index (χ4v) is 2.08. The standard InChI is InChI=1S/C15H14FNO2/c1-15(14(18)19,10-6-8-11(17)9-7-10)12-4-2-3-5-13(12)16/h2-9H,17H2,1H3,(H,18,19). The Kier molecular flexibility index (Phi) is 3.25. The van der Waals surface area contributed by atoms with Gasteiger partial charge in [-0.1, -0.05) is 30.3 Å². The van der Waals surface area contributed by atoms with E-state index in [0.717, 1.165) is 0 Å². The lowest BCUT2D eigenvalue weighted by molar-refractivity contribution is -0.141. The predicted molar refractivity (Wildman–Crippen MR) is 71.3 cm³/mol. The van der Waals surface area contributed by atoms with E-state index in [0.29, 0.717) is 11.3 Å². The summed E-state index contributed by atoms with van der Waals surface area (Å²) in [5, 5.41) is 9.54. The van der Waals surface area contributed by atoms with Crippen LogP contribution in [0.1, 0.15) is 18.1 Å². The Labute approximate surface area is 110 Å². The number of carboxylic acids is 1. The zero-order chi connectivity index (χ0) is 14.0. The number of nitrogens with two attached hydrogens (primary N) is 1. The number of benzene rings is 2. The van der Waals surface area contributed by atoms with E-state index in [1.54, 1.807) is 30.3 Å². The van der Waals surface area contributed by atoms with Crippen LogP contribution in [0.15, 0.2) is 48.5 Å². The predicted octanol–water partition coefficient (Wildman–Crippen LogP) is 2.80. The first-order valence-corrected chi connectivity index (χ1v) is 5.80. The molecule has 4 heteroatoms. The smallest absolute Gasteiger partial charge is 0.318 e. The lowest BCUT2D eigenvalue weighted by Gasteiger charge is -2.26. The summed E-state index contributed by atoms with van der Waals surface area (Å²) in [4.78, 5) is 11.7. The fourth-order valence-electron chi connectivity index (χ4n) is 2.08. The summed E-state index contributed by atoms with van der Waals surface area (Å²) >= 11 is 0. The van der Waals surface area contributed by atoms with Crippen molar-refractivity contribution in [1.29, 1.82) is 0 Å². The molecule has 0 saturated carbocycles. The molecule has 98 valence electrons. The highest BCUT2D eigenvalue weighted by Crippen LogP contribution is 2.34. The van der Waals surface area contributed by atoms with Crippen molar-refractivity contribution in [3.05, 3.63) is 65.5 Å². The maximum absolute atomic E-state index is 13.9. The van der Waals surface area contributed by atoms with Crippen molar-refractivity contribution < 1.29 is 14.3 Å². The van der Waals surface area contributed by atoms with E-state index in [1.165, 1.54) is 25.1 Å². The van der Waals surface area contributed by atoms with Gasteiger partial charge in [0.1, 0.15) is 11.2 Å². The molecule has 1 unspecified atom stereocenters. The average Bonchev–Trinajstić information content (AvgIpc) is 2.39. The lowest BCUT2D eigenvalue weighted by Crippen LogP contribution is -2.34. The average molecular weight is 259 g/mol. The van der Waals surface area contributed by atoms with E-state index in [1.807, 2.05) is 0 Å². The van der Waals surface area contributed by atoms with E-state index in [9.17, 15) is 14.3 Å². The number of aliphatic carboxylic acids is 1. The number of nitrogen functional groups attached to an aromatic ring is 1. The van der Waals surface area contributed by atoms with E-state index in [-0.39, 0.29) is 5.56 Å². The van der Waals surface area contributed by atoms with Crippen LogP contribution < -0.4 is 5.73 Å². The molecule has 1 atom stereocenters. The number of rotatable bonds is 3. The van der Waals surface area contributed by atoms with Crippen LogP contribution in [0.4, 0.5) is 10.1 Å². The Morgan fingerprint density at radius 1 is 1.16 bits per heavy atom. The second-order valence-electron chi connectivity index (χ2n) is 4.53. The molecule has 0 fully saturated rings. The molecular weight excluding hydrogens is 245 g/mol. The van der Waals surface area contributed by atoms with E-state index in [2.05, 4.69) is 0 Å². The van der Waals surface area contributed by atoms with Gasteiger partial charge in [0.25, 0.3) is 0 Å². The van der Waals surface area contributed by atoms with Gasteiger partial charge in [0.15, 0.2) is 0 Å². The van der Waals surface area contributed by atoms with Gasteiger partial charge >= 0.3 is 5.97 Å². The van der Waals surface area contributed by atoms with Crippen LogP contribution >= 0.6 is 0 Å². The molecule has 0 aliphatic rings. The van der Waals surface area contributed by atoms with Crippen molar-refractivity contribution in [3.63, 3.8) is 0 Å². The van der Waals surface area contributed by atoms with Crippen molar-refractivity contribution >= 4 is 11.7 Å². The highest BCUT2D eigenvalue weighted by molar-refractivity contribution is 5.85. The zero-order valence-corrected chi connectivity index (χ0v) is 10.4. The van der Waals surface area contributed by atoms with E-state index in [4.69, 9.17) is 5.73 Å². The van der Waals surface area contributed by atoms with Gasteiger partial charge < -0.3 is 10.8 Å².